The van der Waals surface area contributed by atoms with Gasteiger partial charge in [-0.1, -0.05) is 78.3 Å². The zero-order chi connectivity index (χ0) is 18.6. The monoisotopic (exact) mass is 350 g/mol. The van der Waals surface area contributed by atoms with E-state index < -0.39 is 10.3 Å². The van der Waals surface area contributed by atoms with Crippen molar-refractivity contribution in [3.63, 3.8) is 0 Å². The SMILES string of the molecule is CC.CCC.CCOS(C)(CC)c1ccc(CC)c2ccccc12. The Labute approximate surface area is 152 Å². The summed E-state index contributed by atoms with van der Waals surface area (Å²) in [6.45, 7) is 15.6. The summed E-state index contributed by atoms with van der Waals surface area (Å²) in [6.07, 6.45) is 4.61. The minimum Gasteiger partial charge on any atom is -0.333 e. The lowest BCUT2D eigenvalue weighted by atomic mass is 10.0. The third kappa shape index (κ3) is 5.82. The highest BCUT2D eigenvalue weighted by Gasteiger charge is 2.21. The number of aryl methyl sites for hydroxylation is 1. The summed E-state index contributed by atoms with van der Waals surface area (Å²) >= 11 is 0. The van der Waals surface area contributed by atoms with E-state index in [9.17, 15) is 0 Å². The molecule has 1 atom stereocenters. The molecule has 0 saturated carbocycles. The molecule has 0 radical (unpaired) electrons. The molecule has 0 spiro atoms. The van der Waals surface area contributed by atoms with Crippen molar-refractivity contribution in [1.82, 2.24) is 0 Å². The molecule has 0 fully saturated rings. The minimum atomic E-state index is -1.16. The van der Waals surface area contributed by atoms with Gasteiger partial charge >= 0.3 is 0 Å². The summed E-state index contributed by atoms with van der Waals surface area (Å²) in [5, 5.41) is 2.75. The van der Waals surface area contributed by atoms with E-state index in [1.54, 1.807) is 0 Å². The first-order valence-electron chi connectivity index (χ1n) is 9.48. The smallest absolute Gasteiger partial charge is 0.0568 e. The van der Waals surface area contributed by atoms with Gasteiger partial charge in [-0.25, -0.2) is 0 Å². The lowest BCUT2D eigenvalue weighted by Crippen LogP contribution is -2.07. The summed E-state index contributed by atoms with van der Waals surface area (Å²) in [5.41, 5.74) is 1.42. The second-order valence-corrected chi connectivity index (χ2v) is 8.79. The number of rotatable bonds is 5. The van der Waals surface area contributed by atoms with Crippen LogP contribution in [-0.2, 0) is 10.6 Å². The van der Waals surface area contributed by atoms with E-state index in [-0.39, 0.29) is 0 Å². The lowest BCUT2D eigenvalue weighted by molar-refractivity contribution is 0.384. The molecule has 0 aliphatic heterocycles. The molecule has 2 rings (SSSR count). The van der Waals surface area contributed by atoms with Gasteiger partial charge in [-0.3, -0.25) is 0 Å². The molecule has 2 aromatic rings. The maximum atomic E-state index is 6.13. The van der Waals surface area contributed by atoms with E-state index in [0.29, 0.717) is 0 Å². The van der Waals surface area contributed by atoms with Crippen molar-refractivity contribution < 1.29 is 4.18 Å². The van der Waals surface area contributed by atoms with E-state index in [1.807, 2.05) is 13.8 Å². The Morgan fingerprint density at radius 1 is 0.833 bits per heavy atom. The summed E-state index contributed by atoms with van der Waals surface area (Å²) in [5.74, 6) is 1.07. The zero-order valence-corrected chi connectivity index (χ0v) is 17.9. The molecule has 24 heavy (non-hydrogen) atoms. The van der Waals surface area contributed by atoms with Crippen LogP contribution in [-0.4, -0.2) is 18.6 Å². The standard InChI is InChI=1S/C17H24OS.C3H8.C2H6/c1-5-14-12-13-17(19(4,7-3)18-6-2)16-11-9-8-10-15(14)16;1-3-2;1-2/h8-13H,5-7H2,1-4H3;3H2,1-2H3;1-2H3. The Morgan fingerprint density at radius 2 is 1.38 bits per heavy atom. The molecule has 2 aromatic carbocycles. The first kappa shape index (κ1) is 23.0. The Kier molecular flexibility index (Phi) is 11.9. The van der Waals surface area contributed by atoms with Crippen LogP contribution in [0.3, 0.4) is 0 Å². The maximum Gasteiger partial charge on any atom is 0.0568 e. The van der Waals surface area contributed by atoms with Crippen molar-refractivity contribution in [2.75, 3.05) is 18.6 Å². The molecule has 0 N–H and O–H groups in total. The number of hydrogen-bond acceptors (Lipinski definition) is 1. The van der Waals surface area contributed by atoms with Gasteiger partial charge < -0.3 is 4.18 Å². The van der Waals surface area contributed by atoms with Crippen LogP contribution >= 0.6 is 10.3 Å². The van der Waals surface area contributed by atoms with Crippen molar-refractivity contribution in [2.45, 2.75) is 66.2 Å². The largest absolute Gasteiger partial charge is 0.333 e. The first-order valence-corrected chi connectivity index (χ1v) is 11.6. The van der Waals surface area contributed by atoms with Gasteiger partial charge in [0.1, 0.15) is 0 Å². The van der Waals surface area contributed by atoms with Crippen LogP contribution < -0.4 is 0 Å². The van der Waals surface area contributed by atoms with Crippen molar-refractivity contribution in [3.8, 4) is 0 Å². The molecule has 0 aliphatic carbocycles. The summed E-state index contributed by atoms with van der Waals surface area (Å²) < 4.78 is 6.13. The van der Waals surface area contributed by atoms with E-state index >= 15 is 0 Å². The highest BCUT2D eigenvalue weighted by atomic mass is 32.3. The molecule has 1 unspecified atom stereocenters. The Balaban J connectivity index is 0.000000952. The van der Waals surface area contributed by atoms with Crippen molar-refractivity contribution in [2.24, 2.45) is 0 Å². The Hall–Kier alpha value is -0.990. The van der Waals surface area contributed by atoms with Crippen LogP contribution in [0.15, 0.2) is 41.3 Å². The average molecular weight is 351 g/mol. The number of benzene rings is 2. The van der Waals surface area contributed by atoms with E-state index in [2.05, 4.69) is 77.3 Å². The van der Waals surface area contributed by atoms with E-state index in [0.717, 1.165) is 18.8 Å². The molecule has 0 bridgehead atoms. The molecule has 138 valence electrons. The van der Waals surface area contributed by atoms with Crippen molar-refractivity contribution >= 4 is 21.1 Å². The molecular weight excluding hydrogens is 312 g/mol. The topological polar surface area (TPSA) is 9.23 Å². The first-order chi connectivity index (χ1) is 11.6. The molecule has 0 aromatic heterocycles. The average Bonchev–Trinajstić information content (AvgIpc) is 2.63. The van der Waals surface area contributed by atoms with Gasteiger partial charge in [0, 0.05) is 10.6 Å². The highest BCUT2D eigenvalue weighted by Crippen LogP contribution is 2.55. The minimum absolute atomic E-state index is 0.781. The van der Waals surface area contributed by atoms with Crippen LogP contribution in [0.2, 0.25) is 0 Å². The fourth-order valence-electron chi connectivity index (χ4n) is 2.58. The lowest BCUT2D eigenvalue weighted by Gasteiger charge is -2.35. The number of hydrogen-bond donors (Lipinski definition) is 0. The molecule has 0 amide bonds. The van der Waals surface area contributed by atoms with Crippen LogP contribution in [0, 0.1) is 0 Å². The van der Waals surface area contributed by atoms with Gasteiger partial charge in [-0.2, -0.15) is 0 Å². The predicted molar refractivity (Wildman–Crippen MR) is 115 cm³/mol. The van der Waals surface area contributed by atoms with Crippen LogP contribution in [0.4, 0.5) is 0 Å². The highest BCUT2D eigenvalue weighted by molar-refractivity contribution is 8.29. The third-order valence-electron chi connectivity index (χ3n) is 3.75. The summed E-state index contributed by atoms with van der Waals surface area (Å²) in [7, 11) is -1.16. The van der Waals surface area contributed by atoms with Gasteiger partial charge in [0.2, 0.25) is 0 Å². The molecular formula is C22H38OS. The zero-order valence-electron chi connectivity index (χ0n) is 17.1. The Bertz CT molecular complexity index is 579. The molecule has 0 aliphatic rings. The fourth-order valence-corrected chi connectivity index (χ4v) is 4.71. The predicted octanol–water partition coefficient (Wildman–Crippen LogP) is 7.61. The van der Waals surface area contributed by atoms with Gasteiger partial charge in [-0.15, -0.1) is 10.3 Å². The molecule has 0 heterocycles. The quantitative estimate of drug-likeness (QED) is 0.539. The van der Waals surface area contributed by atoms with Gasteiger partial charge in [0.15, 0.2) is 0 Å². The molecule has 2 heteroatoms. The second kappa shape index (κ2) is 12.4. The third-order valence-corrected chi connectivity index (χ3v) is 6.89. The van der Waals surface area contributed by atoms with Crippen LogP contribution in [0.1, 0.15) is 60.5 Å². The summed E-state index contributed by atoms with van der Waals surface area (Å²) in [4.78, 5) is 1.39. The van der Waals surface area contributed by atoms with E-state index in [4.69, 9.17) is 4.18 Å². The maximum absolute atomic E-state index is 6.13. The normalized spacial score (nSPS) is 13.8. The Morgan fingerprint density at radius 3 is 1.83 bits per heavy atom. The summed E-state index contributed by atoms with van der Waals surface area (Å²) in [6, 6.07) is 13.3. The molecule has 0 saturated heterocycles. The van der Waals surface area contributed by atoms with Gasteiger partial charge in [0.25, 0.3) is 0 Å². The van der Waals surface area contributed by atoms with Crippen molar-refractivity contribution in [1.29, 1.82) is 0 Å². The van der Waals surface area contributed by atoms with Crippen LogP contribution in [0.25, 0.3) is 10.8 Å². The van der Waals surface area contributed by atoms with Gasteiger partial charge in [-0.05, 0) is 42.0 Å². The number of fused-ring (bicyclic) bond motifs is 1. The fraction of sp³-hybridized carbons (Fsp3) is 0.545. The molecule has 1 nitrogen and oxygen atoms in total. The van der Waals surface area contributed by atoms with Gasteiger partial charge in [0.05, 0.1) is 6.61 Å². The van der Waals surface area contributed by atoms with Crippen molar-refractivity contribution in [3.05, 3.63) is 42.0 Å². The second-order valence-electron chi connectivity index (χ2n) is 5.53. The van der Waals surface area contributed by atoms with E-state index in [1.165, 1.54) is 27.7 Å². The van der Waals surface area contributed by atoms with Crippen LogP contribution in [0.5, 0.6) is 0 Å².